The minimum atomic E-state index is -1.12. The summed E-state index contributed by atoms with van der Waals surface area (Å²) >= 11 is 0. The predicted octanol–water partition coefficient (Wildman–Crippen LogP) is 0.437. The van der Waals surface area contributed by atoms with Gasteiger partial charge in [-0.15, -0.1) is 0 Å². The van der Waals surface area contributed by atoms with Crippen molar-refractivity contribution >= 4 is 45.3 Å². The number of carbonyl (C=O) groups is 4. The van der Waals surface area contributed by atoms with Crippen LogP contribution in [0.2, 0.25) is 0 Å². The van der Waals surface area contributed by atoms with Crippen molar-refractivity contribution in [2.45, 2.75) is 36.8 Å². The van der Waals surface area contributed by atoms with E-state index in [-0.39, 0.29) is 37.7 Å². The van der Waals surface area contributed by atoms with Crippen LogP contribution in [-0.4, -0.2) is 98.7 Å². The van der Waals surface area contributed by atoms with E-state index in [1.165, 1.54) is 0 Å². The number of pyridine rings is 1. The van der Waals surface area contributed by atoms with E-state index in [1.54, 1.807) is 34.8 Å². The average molecular weight is 560 g/mol. The zero-order valence-electron chi connectivity index (χ0n) is 21.0. The Kier molecular flexibility index (Phi) is 19.1. The number of nitrogens with one attached hydrogen (secondary N) is 4. The molecule has 1 heterocycles. The number of hydrogen-bond acceptors (Lipinski definition) is 10. The SMILES string of the molecule is CN[C@@H](CCCCNC(=O)CCSSc1ccccn1)C(=O)NCCOCCOCC(=O)NCC(=O)O. The van der Waals surface area contributed by atoms with E-state index in [4.69, 9.17) is 14.6 Å². The van der Waals surface area contributed by atoms with Crippen molar-refractivity contribution in [1.29, 1.82) is 0 Å². The maximum absolute atomic E-state index is 12.3. The maximum atomic E-state index is 12.3. The molecule has 1 atom stereocenters. The van der Waals surface area contributed by atoms with Crippen molar-refractivity contribution in [3.63, 3.8) is 0 Å². The van der Waals surface area contributed by atoms with Crippen molar-refractivity contribution in [2.24, 2.45) is 0 Å². The zero-order valence-corrected chi connectivity index (χ0v) is 22.7. The molecule has 0 spiro atoms. The molecule has 3 amide bonds. The van der Waals surface area contributed by atoms with E-state index in [9.17, 15) is 19.2 Å². The predicted molar refractivity (Wildman–Crippen MR) is 142 cm³/mol. The Labute approximate surface area is 225 Å². The first-order valence-corrected chi connectivity index (χ1v) is 14.3. The minimum absolute atomic E-state index is 0.0175. The Morgan fingerprint density at radius 3 is 2.54 bits per heavy atom. The van der Waals surface area contributed by atoms with Crippen molar-refractivity contribution in [3.8, 4) is 0 Å². The minimum Gasteiger partial charge on any atom is -0.480 e. The Balaban J connectivity index is 1.97. The number of hydrogen-bond donors (Lipinski definition) is 5. The van der Waals surface area contributed by atoms with E-state index in [2.05, 4.69) is 26.3 Å². The van der Waals surface area contributed by atoms with Crippen LogP contribution in [0.4, 0.5) is 0 Å². The molecule has 0 bridgehead atoms. The lowest BCUT2D eigenvalue weighted by Crippen LogP contribution is -2.43. The summed E-state index contributed by atoms with van der Waals surface area (Å²) < 4.78 is 10.4. The summed E-state index contributed by atoms with van der Waals surface area (Å²) in [6, 6.07) is 5.40. The van der Waals surface area contributed by atoms with Crippen LogP contribution >= 0.6 is 21.6 Å². The third-order valence-corrected chi connectivity index (χ3v) is 6.96. The number of ether oxygens (including phenoxy) is 2. The third-order valence-electron chi connectivity index (χ3n) is 4.69. The average Bonchev–Trinajstić information content (AvgIpc) is 2.89. The fraction of sp³-hybridized carbons (Fsp3) is 0.609. The number of carboxylic acids is 1. The van der Waals surface area contributed by atoms with Gasteiger partial charge < -0.3 is 35.8 Å². The van der Waals surface area contributed by atoms with Gasteiger partial charge in [0.05, 0.1) is 25.9 Å². The monoisotopic (exact) mass is 559 g/mol. The van der Waals surface area contributed by atoms with E-state index in [1.807, 2.05) is 18.2 Å². The Morgan fingerprint density at radius 1 is 1.00 bits per heavy atom. The number of rotatable bonds is 22. The Morgan fingerprint density at radius 2 is 1.81 bits per heavy atom. The lowest BCUT2D eigenvalue weighted by Gasteiger charge is -2.16. The summed E-state index contributed by atoms with van der Waals surface area (Å²) in [7, 11) is 4.88. The largest absolute Gasteiger partial charge is 0.480 e. The smallest absolute Gasteiger partial charge is 0.322 e. The highest BCUT2D eigenvalue weighted by molar-refractivity contribution is 8.76. The molecule has 0 aliphatic heterocycles. The molecule has 1 aromatic rings. The number of carbonyl (C=O) groups excluding carboxylic acids is 3. The Hall–Kier alpha value is -2.39. The molecule has 0 radical (unpaired) electrons. The van der Waals surface area contributed by atoms with Crippen molar-refractivity contribution in [1.82, 2.24) is 26.3 Å². The molecular formula is C23H37N5O7S2. The van der Waals surface area contributed by atoms with Gasteiger partial charge in [0.15, 0.2) is 0 Å². The van der Waals surface area contributed by atoms with Crippen LogP contribution in [0.25, 0.3) is 0 Å². The molecule has 14 heteroatoms. The Bertz CT molecular complexity index is 805. The van der Waals surface area contributed by atoms with Gasteiger partial charge in [0.2, 0.25) is 17.7 Å². The van der Waals surface area contributed by atoms with Crippen molar-refractivity contribution in [2.75, 3.05) is 58.9 Å². The van der Waals surface area contributed by atoms with Crippen LogP contribution in [0.15, 0.2) is 29.4 Å². The van der Waals surface area contributed by atoms with E-state index < -0.39 is 18.4 Å². The number of aliphatic carboxylic acids is 1. The zero-order chi connectivity index (χ0) is 27.1. The van der Waals surface area contributed by atoms with Gasteiger partial charge in [0.1, 0.15) is 18.2 Å². The molecule has 0 saturated heterocycles. The highest BCUT2D eigenvalue weighted by Gasteiger charge is 2.15. The van der Waals surface area contributed by atoms with Crippen LogP contribution in [-0.2, 0) is 28.7 Å². The molecule has 37 heavy (non-hydrogen) atoms. The van der Waals surface area contributed by atoms with Gasteiger partial charge in [-0.05, 0) is 49.2 Å². The van der Waals surface area contributed by atoms with Crippen LogP contribution in [0.5, 0.6) is 0 Å². The maximum Gasteiger partial charge on any atom is 0.322 e. The highest BCUT2D eigenvalue weighted by Crippen LogP contribution is 2.29. The van der Waals surface area contributed by atoms with Gasteiger partial charge in [0.25, 0.3) is 0 Å². The number of carboxylic acid groups (broad SMARTS) is 1. The molecule has 5 N–H and O–H groups in total. The number of aromatic nitrogens is 1. The van der Waals surface area contributed by atoms with Crippen LogP contribution < -0.4 is 21.3 Å². The summed E-state index contributed by atoms with van der Waals surface area (Å²) in [6.45, 7) is 0.926. The number of amides is 3. The second-order valence-electron chi connectivity index (χ2n) is 7.64. The van der Waals surface area contributed by atoms with E-state index >= 15 is 0 Å². The highest BCUT2D eigenvalue weighted by atomic mass is 33.1. The van der Waals surface area contributed by atoms with Gasteiger partial charge in [-0.25, -0.2) is 4.98 Å². The molecule has 0 unspecified atom stereocenters. The lowest BCUT2D eigenvalue weighted by atomic mass is 10.1. The van der Waals surface area contributed by atoms with Gasteiger partial charge in [0, 0.05) is 31.5 Å². The summed E-state index contributed by atoms with van der Waals surface area (Å²) in [5.74, 6) is -1.04. The lowest BCUT2D eigenvalue weighted by molar-refractivity contribution is -0.138. The fourth-order valence-corrected chi connectivity index (χ4v) is 4.68. The molecule has 1 rings (SSSR count). The quantitative estimate of drug-likeness (QED) is 0.0987. The molecule has 12 nitrogen and oxygen atoms in total. The van der Waals surface area contributed by atoms with Crippen molar-refractivity contribution in [3.05, 3.63) is 24.4 Å². The number of nitrogens with zero attached hydrogens (tertiary/aromatic N) is 1. The van der Waals surface area contributed by atoms with Gasteiger partial charge in [-0.2, -0.15) is 0 Å². The molecule has 208 valence electrons. The molecular weight excluding hydrogens is 522 g/mol. The van der Waals surface area contributed by atoms with Crippen LogP contribution in [0.3, 0.4) is 0 Å². The molecule has 0 fully saturated rings. The summed E-state index contributed by atoms with van der Waals surface area (Å²) in [5.41, 5.74) is 0. The number of unbranched alkanes of at least 4 members (excludes halogenated alkanes) is 1. The third kappa shape index (κ3) is 18.5. The van der Waals surface area contributed by atoms with Gasteiger partial charge >= 0.3 is 5.97 Å². The first-order valence-electron chi connectivity index (χ1n) is 12.0. The van der Waals surface area contributed by atoms with Crippen molar-refractivity contribution < 1.29 is 33.8 Å². The molecule has 0 aromatic carbocycles. The first-order chi connectivity index (χ1) is 17.9. The molecule has 1 aromatic heterocycles. The normalized spacial score (nSPS) is 11.5. The molecule has 0 aliphatic carbocycles. The van der Waals surface area contributed by atoms with E-state index in [0.717, 1.165) is 17.9 Å². The van der Waals surface area contributed by atoms with Crippen LogP contribution in [0.1, 0.15) is 25.7 Å². The molecule has 0 saturated carbocycles. The van der Waals surface area contributed by atoms with E-state index in [0.29, 0.717) is 38.3 Å². The summed E-state index contributed by atoms with van der Waals surface area (Å²) in [6.07, 6.45) is 4.41. The fourth-order valence-electron chi connectivity index (χ4n) is 2.81. The second kappa shape index (κ2) is 21.7. The van der Waals surface area contributed by atoms with Gasteiger partial charge in [-0.1, -0.05) is 16.9 Å². The topological polar surface area (TPSA) is 168 Å². The second-order valence-corrected chi connectivity index (χ2v) is 10.1. The van der Waals surface area contributed by atoms with Crippen LogP contribution in [0, 0.1) is 0 Å². The summed E-state index contributed by atoms with van der Waals surface area (Å²) in [5, 5.41) is 20.3. The first kappa shape index (κ1) is 32.6. The number of likely N-dealkylation sites (N-methyl/N-ethyl adjacent to an activating group) is 1. The standard InChI is InChI=1S/C23H37N5O7S2/c1-24-18(23(33)27-11-12-34-13-14-35-17-20(30)28-16-22(31)32)6-2-4-9-25-19(29)8-15-36-37-21-7-3-5-10-26-21/h3,5,7,10,18,24H,2,4,6,8-9,11-17H2,1H3,(H,25,29)(H,27,33)(H,28,30)(H,31,32)/t18-/m0/s1. The van der Waals surface area contributed by atoms with Gasteiger partial charge in [-0.3, -0.25) is 19.2 Å². The summed E-state index contributed by atoms with van der Waals surface area (Å²) in [4.78, 5) is 50.1. The molecule has 0 aliphatic rings.